The number of nitrogens with zero attached hydrogens (tertiary/aromatic N) is 2. The fourth-order valence-corrected chi connectivity index (χ4v) is 2.25. The van der Waals surface area contributed by atoms with E-state index in [0.717, 1.165) is 12.8 Å². The molecule has 8 nitrogen and oxygen atoms in total. The maximum absolute atomic E-state index is 11.5. The first-order valence-electron chi connectivity index (χ1n) is 9.38. The maximum Gasteiger partial charge on any atom is 0.351 e. The van der Waals surface area contributed by atoms with E-state index in [9.17, 15) is 4.79 Å². The van der Waals surface area contributed by atoms with Gasteiger partial charge in [0.15, 0.2) is 5.79 Å². The van der Waals surface area contributed by atoms with Crippen LogP contribution in [0.1, 0.15) is 66.0 Å². The number of nitrogen functional groups attached to an aromatic ring is 1. The molecule has 2 unspecified atom stereocenters. The lowest BCUT2D eigenvalue weighted by Gasteiger charge is -2.17. The van der Waals surface area contributed by atoms with Crippen molar-refractivity contribution in [2.24, 2.45) is 0 Å². The van der Waals surface area contributed by atoms with Crippen LogP contribution >= 0.6 is 0 Å². The number of hydrogen-bond donors (Lipinski definition) is 4. The van der Waals surface area contributed by atoms with Gasteiger partial charge in [-0.3, -0.25) is 4.57 Å². The highest BCUT2D eigenvalue weighted by Crippen LogP contribution is 2.26. The Morgan fingerprint density at radius 3 is 2.30 bits per heavy atom. The van der Waals surface area contributed by atoms with Gasteiger partial charge < -0.3 is 25.8 Å². The van der Waals surface area contributed by atoms with Crippen LogP contribution in [-0.4, -0.2) is 43.4 Å². The average molecular weight is 388 g/mol. The van der Waals surface area contributed by atoms with E-state index in [1.807, 2.05) is 20.8 Å². The highest BCUT2D eigenvalue weighted by molar-refractivity contribution is 5.23. The molecule has 1 aliphatic rings. The van der Waals surface area contributed by atoms with Gasteiger partial charge in [0.1, 0.15) is 12.0 Å². The summed E-state index contributed by atoms with van der Waals surface area (Å²) in [5.41, 5.74) is 4.96. The molecule has 1 aromatic heterocycles. The maximum atomic E-state index is 11.5. The Balaban J connectivity index is 0. The van der Waals surface area contributed by atoms with Crippen LogP contribution < -0.4 is 11.4 Å². The van der Waals surface area contributed by atoms with Crippen LogP contribution in [0, 0.1) is 0 Å². The van der Waals surface area contributed by atoms with Crippen LogP contribution in [0.2, 0.25) is 0 Å². The summed E-state index contributed by atoms with van der Waals surface area (Å²) >= 11 is 0. The van der Waals surface area contributed by atoms with Crippen molar-refractivity contribution in [1.29, 1.82) is 0 Å². The molecule has 0 aromatic carbocycles. The van der Waals surface area contributed by atoms with Gasteiger partial charge >= 0.3 is 5.69 Å². The van der Waals surface area contributed by atoms with Crippen molar-refractivity contribution in [2.75, 3.05) is 12.3 Å². The van der Waals surface area contributed by atoms with Crippen LogP contribution in [0.25, 0.3) is 0 Å². The number of rotatable bonds is 5. The molecule has 27 heavy (non-hydrogen) atoms. The number of ether oxygens (including phenoxy) is 1. The standard InChI is InChI=1S/C9H13N3O3.C6H14O2.C2H6.C2H4/c10-7-3-4-12(9(14)11-7)8-2-1-6(5-13)15-8;1-3-5-6(7,8)4-2;2*1-2/h3-4,6,8,13H,1-2,5H2,(H2,10,11,14);7-8H,3-5H2,1-2H3;1-2H3;1-2H2. The SMILES string of the molecule is C=C.CC.CCCC(O)(O)CC.Nc1ccn(C2CCC(CO)O2)c(=O)n1. The van der Waals surface area contributed by atoms with Gasteiger partial charge in [0.05, 0.1) is 12.7 Å². The smallest absolute Gasteiger partial charge is 0.351 e. The lowest BCUT2D eigenvalue weighted by atomic mass is 10.1. The Hall–Kier alpha value is -1.74. The van der Waals surface area contributed by atoms with E-state index in [1.165, 1.54) is 4.57 Å². The van der Waals surface area contributed by atoms with E-state index in [4.69, 9.17) is 25.8 Å². The van der Waals surface area contributed by atoms with E-state index in [2.05, 4.69) is 18.1 Å². The van der Waals surface area contributed by atoms with Crippen LogP contribution in [0.3, 0.4) is 0 Å². The normalized spacial score (nSPS) is 18.2. The molecule has 0 radical (unpaired) electrons. The van der Waals surface area contributed by atoms with Crippen molar-refractivity contribution in [3.63, 3.8) is 0 Å². The molecule has 0 aliphatic carbocycles. The van der Waals surface area contributed by atoms with Crippen molar-refractivity contribution in [2.45, 2.75) is 77.9 Å². The van der Waals surface area contributed by atoms with Crippen molar-refractivity contribution < 1.29 is 20.1 Å². The third-order valence-electron chi connectivity index (χ3n) is 3.67. The van der Waals surface area contributed by atoms with Gasteiger partial charge in [-0.15, -0.1) is 13.2 Å². The topological polar surface area (TPSA) is 131 Å². The average Bonchev–Trinajstić information content (AvgIpc) is 3.14. The van der Waals surface area contributed by atoms with Crippen molar-refractivity contribution in [1.82, 2.24) is 9.55 Å². The van der Waals surface area contributed by atoms with Crippen molar-refractivity contribution >= 4 is 5.82 Å². The van der Waals surface area contributed by atoms with Gasteiger partial charge in [0.2, 0.25) is 0 Å². The predicted octanol–water partition coefficient (Wildman–Crippen LogP) is 2.20. The second-order valence-electron chi connectivity index (χ2n) is 5.60. The minimum atomic E-state index is -1.41. The Labute approximate surface area is 162 Å². The second-order valence-corrected chi connectivity index (χ2v) is 5.60. The number of aliphatic hydroxyl groups is 3. The summed E-state index contributed by atoms with van der Waals surface area (Å²) in [6.45, 7) is 13.7. The molecule has 5 N–H and O–H groups in total. The summed E-state index contributed by atoms with van der Waals surface area (Å²) in [5, 5.41) is 26.7. The van der Waals surface area contributed by atoms with Gasteiger partial charge in [0.25, 0.3) is 0 Å². The molecule has 2 heterocycles. The highest BCUT2D eigenvalue weighted by atomic mass is 16.5. The van der Waals surface area contributed by atoms with Crippen molar-refractivity contribution in [3.05, 3.63) is 35.9 Å². The quantitative estimate of drug-likeness (QED) is 0.450. The fraction of sp³-hybridized carbons (Fsp3) is 0.684. The first-order valence-corrected chi connectivity index (χ1v) is 9.38. The minimum absolute atomic E-state index is 0.0202. The molecule has 0 saturated carbocycles. The monoisotopic (exact) mass is 387 g/mol. The minimum Gasteiger partial charge on any atom is -0.394 e. The van der Waals surface area contributed by atoms with Crippen LogP contribution in [0.4, 0.5) is 5.82 Å². The molecular formula is C19H37N3O5. The predicted molar refractivity (Wildman–Crippen MR) is 108 cm³/mol. The lowest BCUT2D eigenvalue weighted by molar-refractivity contribution is -0.167. The van der Waals surface area contributed by atoms with Gasteiger partial charge in [-0.05, 0) is 25.3 Å². The van der Waals surface area contributed by atoms with E-state index < -0.39 is 11.5 Å². The molecule has 1 aliphatic heterocycles. The van der Waals surface area contributed by atoms with E-state index in [1.54, 1.807) is 19.2 Å². The number of anilines is 1. The summed E-state index contributed by atoms with van der Waals surface area (Å²) < 4.78 is 6.84. The molecule has 1 aromatic rings. The molecule has 0 amide bonds. The first kappa shape index (κ1) is 27.5. The molecule has 1 fully saturated rings. The summed E-state index contributed by atoms with van der Waals surface area (Å²) in [4.78, 5) is 15.1. The van der Waals surface area contributed by atoms with Crippen LogP contribution in [0.5, 0.6) is 0 Å². The van der Waals surface area contributed by atoms with E-state index >= 15 is 0 Å². The number of nitrogens with two attached hydrogens (primary N) is 1. The Morgan fingerprint density at radius 2 is 1.93 bits per heavy atom. The third kappa shape index (κ3) is 10.9. The van der Waals surface area contributed by atoms with Crippen LogP contribution in [-0.2, 0) is 4.74 Å². The molecule has 0 spiro atoms. The largest absolute Gasteiger partial charge is 0.394 e. The van der Waals surface area contributed by atoms with Crippen LogP contribution in [0.15, 0.2) is 30.2 Å². The Kier molecular flexibility index (Phi) is 15.6. The highest BCUT2D eigenvalue weighted by Gasteiger charge is 2.26. The number of hydrogen-bond acceptors (Lipinski definition) is 7. The Bertz CT molecular complexity index is 548. The summed E-state index contributed by atoms with van der Waals surface area (Å²) in [5.74, 6) is -1.21. The van der Waals surface area contributed by atoms with Gasteiger partial charge in [-0.1, -0.05) is 34.1 Å². The second kappa shape index (κ2) is 15.3. The molecule has 2 rings (SSSR count). The third-order valence-corrected chi connectivity index (χ3v) is 3.67. The number of aliphatic hydroxyl groups excluding tert-OH is 1. The summed E-state index contributed by atoms with van der Waals surface area (Å²) in [7, 11) is 0. The van der Waals surface area contributed by atoms with E-state index in [-0.39, 0.29) is 24.8 Å². The first-order chi connectivity index (χ1) is 12.8. The summed E-state index contributed by atoms with van der Waals surface area (Å²) in [6.07, 6.45) is 4.22. The zero-order valence-electron chi connectivity index (χ0n) is 17.1. The van der Waals surface area contributed by atoms with Crippen molar-refractivity contribution in [3.8, 4) is 0 Å². The molecule has 2 atom stereocenters. The zero-order chi connectivity index (χ0) is 21.5. The van der Waals surface area contributed by atoms with E-state index in [0.29, 0.717) is 19.3 Å². The Morgan fingerprint density at radius 1 is 1.33 bits per heavy atom. The molecule has 1 saturated heterocycles. The number of aromatic nitrogens is 2. The summed E-state index contributed by atoms with van der Waals surface area (Å²) in [6, 6.07) is 1.55. The van der Waals surface area contributed by atoms with Gasteiger partial charge in [0, 0.05) is 12.6 Å². The molecule has 8 heteroatoms. The van der Waals surface area contributed by atoms with Gasteiger partial charge in [-0.25, -0.2) is 4.79 Å². The lowest BCUT2D eigenvalue weighted by Crippen LogP contribution is -2.27. The zero-order valence-corrected chi connectivity index (χ0v) is 17.1. The fourth-order valence-electron chi connectivity index (χ4n) is 2.25. The molecular weight excluding hydrogens is 350 g/mol. The van der Waals surface area contributed by atoms with Gasteiger partial charge in [-0.2, -0.15) is 4.98 Å². The molecule has 158 valence electrons. The molecule has 0 bridgehead atoms.